The van der Waals surface area contributed by atoms with Crippen LogP contribution in [0.4, 0.5) is 0 Å². The van der Waals surface area contributed by atoms with Crippen LogP contribution in [0.2, 0.25) is 0 Å². The lowest BCUT2D eigenvalue weighted by atomic mass is 9.93. The standard InChI is InChI=1S/C19H25BrN2/c20-19-5-2-15(3-6-19)13-21-7-9-22(10-8-21)14-18-12-16-1-4-17(18)11-16/h1-6,16-18H,7-14H2/t16-,17+,18-/m1/s1. The van der Waals surface area contributed by atoms with Crippen molar-refractivity contribution in [3.63, 3.8) is 0 Å². The number of nitrogens with zero attached hydrogens (tertiary/aromatic N) is 2. The molecule has 0 unspecified atom stereocenters. The molecular formula is C19H25BrN2. The van der Waals surface area contributed by atoms with Crippen LogP contribution in [0, 0.1) is 17.8 Å². The molecule has 22 heavy (non-hydrogen) atoms. The van der Waals surface area contributed by atoms with Crippen LogP contribution in [0.15, 0.2) is 40.9 Å². The molecule has 0 aromatic heterocycles. The van der Waals surface area contributed by atoms with Crippen molar-refractivity contribution >= 4 is 15.9 Å². The van der Waals surface area contributed by atoms with E-state index in [9.17, 15) is 0 Å². The first-order chi connectivity index (χ1) is 10.8. The maximum atomic E-state index is 3.51. The van der Waals surface area contributed by atoms with Crippen LogP contribution in [-0.2, 0) is 6.54 Å². The van der Waals surface area contributed by atoms with Gasteiger partial charge in [0.25, 0.3) is 0 Å². The first-order valence-corrected chi connectivity index (χ1v) is 9.43. The summed E-state index contributed by atoms with van der Waals surface area (Å²) in [5, 5.41) is 0. The van der Waals surface area contributed by atoms with Crippen LogP contribution in [0.25, 0.3) is 0 Å². The van der Waals surface area contributed by atoms with E-state index in [0.717, 1.165) is 24.3 Å². The monoisotopic (exact) mass is 360 g/mol. The normalized spacial score (nSPS) is 32.0. The van der Waals surface area contributed by atoms with E-state index in [4.69, 9.17) is 0 Å². The summed E-state index contributed by atoms with van der Waals surface area (Å²) in [6, 6.07) is 8.76. The van der Waals surface area contributed by atoms with Gasteiger partial charge in [0.2, 0.25) is 0 Å². The molecular weight excluding hydrogens is 336 g/mol. The number of fused-ring (bicyclic) bond motifs is 2. The molecule has 2 fully saturated rings. The second kappa shape index (κ2) is 6.46. The Hall–Kier alpha value is -0.640. The zero-order valence-corrected chi connectivity index (χ0v) is 14.7. The fourth-order valence-electron chi connectivity index (χ4n) is 4.41. The van der Waals surface area contributed by atoms with E-state index in [-0.39, 0.29) is 0 Å². The lowest BCUT2D eigenvalue weighted by molar-refractivity contribution is 0.108. The fraction of sp³-hybridized carbons (Fsp3) is 0.579. The largest absolute Gasteiger partial charge is 0.300 e. The van der Waals surface area contributed by atoms with Gasteiger partial charge in [0, 0.05) is 43.7 Å². The highest BCUT2D eigenvalue weighted by Gasteiger charge is 2.36. The van der Waals surface area contributed by atoms with Gasteiger partial charge in [0.1, 0.15) is 0 Å². The molecule has 3 atom stereocenters. The van der Waals surface area contributed by atoms with Gasteiger partial charge in [0.15, 0.2) is 0 Å². The number of halogens is 1. The minimum atomic E-state index is 0.894. The summed E-state index contributed by atoms with van der Waals surface area (Å²) in [6.45, 7) is 7.34. The number of hydrogen-bond acceptors (Lipinski definition) is 2. The second-order valence-corrected chi connectivity index (χ2v) is 8.16. The van der Waals surface area contributed by atoms with E-state index < -0.39 is 0 Å². The molecule has 0 spiro atoms. The third-order valence-corrected chi connectivity index (χ3v) is 6.22. The molecule has 3 heteroatoms. The zero-order valence-electron chi connectivity index (χ0n) is 13.1. The summed E-state index contributed by atoms with van der Waals surface area (Å²) in [4.78, 5) is 5.30. The van der Waals surface area contributed by atoms with Gasteiger partial charge < -0.3 is 4.90 Å². The van der Waals surface area contributed by atoms with Crippen LogP contribution in [0.1, 0.15) is 18.4 Å². The number of piperazine rings is 1. The van der Waals surface area contributed by atoms with Gasteiger partial charge >= 0.3 is 0 Å². The van der Waals surface area contributed by atoms with E-state index >= 15 is 0 Å². The van der Waals surface area contributed by atoms with Crippen molar-refractivity contribution in [2.75, 3.05) is 32.7 Å². The van der Waals surface area contributed by atoms with Gasteiger partial charge in [-0.15, -0.1) is 0 Å². The van der Waals surface area contributed by atoms with Crippen molar-refractivity contribution in [1.82, 2.24) is 9.80 Å². The summed E-state index contributed by atoms with van der Waals surface area (Å²) >= 11 is 3.51. The van der Waals surface area contributed by atoms with Crippen molar-refractivity contribution in [1.29, 1.82) is 0 Å². The molecule has 1 aromatic carbocycles. The maximum Gasteiger partial charge on any atom is 0.0234 e. The lowest BCUT2D eigenvalue weighted by Crippen LogP contribution is -2.47. The molecule has 0 amide bonds. The van der Waals surface area contributed by atoms with Gasteiger partial charge in [-0.3, -0.25) is 4.90 Å². The molecule has 3 aliphatic rings. The molecule has 1 saturated heterocycles. The van der Waals surface area contributed by atoms with Crippen LogP contribution in [0.3, 0.4) is 0 Å². The Morgan fingerprint density at radius 2 is 1.64 bits per heavy atom. The summed E-state index contributed by atoms with van der Waals surface area (Å²) in [7, 11) is 0. The lowest BCUT2D eigenvalue weighted by Gasteiger charge is -2.37. The van der Waals surface area contributed by atoms with E-state index in [1.807, 2.05) is 0 Å². The maximum absolute atomic E-state index is 3.51. The Balaban J connectivity index is 1.24. The first kappa shape index (κ1) is 14.9. The molecule has 1 heterocycles. The number of rotatable bonds is 4. The third kappa shape index (κ3) is 3.32. The molecule has 2 aliphatic carbocycles. The van der Waals surface area contributed by atoms with Crippen molar-refractivity contribution < 1.29 is 0 Å². The molecule has 1 aliphatic heterocycles. The summed E-state index contributed by atoms with van der Waals surface area (Å²) in [6.07, 6.45) is 7.83. The van der Waals surface area contributed by atoms with E-state index in [2.05, 4.69) is 62.1 Å². The Kier molecular flexibility index (Phi) is 4.38. The zero-order chi connectivity index (χ0) is 14.9. The average Bonchev–Trinajstić information content (AvgIpc) is 3.14. The van der Waals surface area contributed by atoms with Crippen molar-refractivity contribution in [3.8, 4) is 0 Å². The van der Waals surface area contributed by atoms with Gasteiger partial charge in [-0.25, -0.2) is 0 Å². The molecule has 1 saturated carbocycles. The Morgan fingerprint density at radius 1 is 0.909 bits per heavy atom. The first-order valence-electron chi connectivity index (χ1n) is 8.64. The molecule has 1 aromatic rings. The van der Waals surface area contributed by atoms with E-state index in [1.54, 1.807) is 0 Å². The summed E-state index contributed by atoms with van der Waals surface area (Å²) < 4.78 is 1.17. The molecule has 0 N–H and O–H groups in total. The van der Waals surface area contributed by atoms with Gasteiger partial charge in [-0.05, 0) is 48.3 Å². The van der Waals surface area contributed by atoms with Crippen LogP contribution in [0.5, 0.6) is 0 Å². The Labute approximate surface area is 142 Å². The predicted octanol–water partition coefficient (Wildman–Crippen LogP) is 3.78. The Bertz CT molecular complexity index is 531. The quantitative estimate of drug-likeness (QED) is 0.753. The van der Waals surface area contributed by atoms with E-state index in [0.29, 0.717) is 0 Å². The second-order valence-electron chi connectivity index (χ2n) is 7.24. The van der Waals surface area contributed by atoms with Crippen LogP contribution < -0.4 is 0 Å². The SMILES string of the molecule is Brc1ccc(CN2CCN(C[C@H]3C[C@@H]4C=C[C@H]3C4)CC2)cc1. The number of hydrogen-bond donors (Lipinski definition) is 0. The molecule has 4 rings (SSSR count). The predicted molar refractivity (Wildman–Crippen MR) is 94.7 cm³/mol. The minimum Gasteiger partial charge on any atom is -0.300 e. The van der Waals surface area contributed by atoms with Crippen molar-refractivity contribution in [3.05, 3.63) is 46.5 Å². The van der Waals surface area contributed by atoms with Crippen molar-refractivity contribution in [2.45, 2.75) is 19.4 Å². The van der Waals surface area contributed by atoms with Crippen LogP contribution >= 0.6 is 15.9 Å². The topological polar surface area (TPSA) is 6.48 Å². The highest BCUT2D eigenvalue weighted by molar-refractivity contribution is 9.10. The number of allylic oxidation sites excluding steroid dienone is 2. The minimum absolute atomic E-state index is 0.894. The Morgan fingerprint density at radius 3 is 2.27 bits per heavy atom. The third-order valence-electron chi connectivity index (χ3n) is 5.69. The fourth-order valence-corrected chi connectivity index (χ4v) is 4.68. The average molecular weight is 361 g/mol. The van der Waals surface area contributed by atoms with Gasteiger partial charge in [-0.1, -0.05) is 40.2 Å². The summed E-state index contributed by atoms with van der Waals surface area (Å²) in [5.41, 5.74) is 1.43. The molecule has 2 nitrogen and oxygen atoms in total. The number of benzene rings is 1. The van der Waals surface area contributed by atoms with E-state index in [1.165, 1.54) is 55.6 Å². The van der Waals surface area contributed by atoms with Gasteiger partial charge in [0.05, 0.1) is 0 Å². The van der Waals surface area contributed by atoms with Crippen LogP contribution in [-0.4, -0.2) is 42.5 Å². The summed E-state index contributed by atoms with van der Waals surface area (Å²) in [5.74, 6) is 2.74. The smallest absolute Gasteiger partial charge is 0.0234 e. The molecule has 0 radical (unpaired) electrons. The van der Waals surface area contributed by atoms with Gasteiger partial charge in [-0.2, -0.15) is 0 Å². The molecule has 2 bridgehead atoms. The highest BCUT2D eigenvalue weighted by Crippen LogP contribution is 2.43. The molecule has 118 valence electrons. The highest BCUT2D eigenvalue weighted by atomic mass is 79.9. The van der Waals surface area contributed by atoms with Crippen molar-refractivity contribution in [2.24, 2.45) is 17.8 Å².